The minimum Gasteiger partial charge on any atom is -0.496 e. The number of hydrogen-bond donors (Lipinski definition) is 1. The summed E-state index contributed by atoms with van der Waals surface area (Å²) < 4.78 is 11.2. The van der Waals surface area contributed by atoms with E-state index in [0.29, 0.717) is 13.1 Å². The number of carbonyl (C=O) groups is 1. The van der Waals surface area contributed by atoms with Crippen molar-refractivity contribution in [1.82, 2.24) is 4.90 Å². The van der Waals surface area contributed by atoms with E-state index < -0.39 is 5.60 Å². The van der Waals surface area contributed by atoms with E-state index in [4.69, 9.17) is 9.47 Å². The summed E-state index contributed by atoms with van der Waals surface area (Å²) in [4.78, 5) is 14.6. The van der Waals surface area contributed by atoms with Crippen LogP contribution in [0.5, 0.6) is 5.75 Å². The highest BCUT2D eigenvalue weighted by Crippen LogP contribution is 2.26. The Hall–Kier alpha value is -1.91. The van der Waals surface area contributed by atoms with Crippen LogP contribution in [0.3, 0.4) is 0 Å². The summed E-state index contributed by atoms with van der Waals surface area (Å²) in [6.45, 7) is 11.4. The van der Waals surface area contributed by atoms with Gasteiger partial charge in [-0.2, -0.15) is 0 Å². The Balaban J connectivity index is 2.90. The van der Waals surface area contributed by atoms with Crippen LogP contribution >= 0.6 is 0 Å². The Labute approximate surface area is 171 Å². The van der Waals surface area contributed by atoms with Crippen LogP contribution in [0, 0.1) is 5.92 Å². The topological polar surface area (TPSA) is 50.8 Å². The number of hydrogen-bond acceptors (Lipinski definition) is 4. The summed E-state index contributed by atoms with van der Waals surface area (Å²) in [6.07, 6.45) is 5.51. The van der Waals surface area contributed by atoms with Crippen LogP contribution in [-0.2, 0) is 11.3 Å². The summed E-state index contributed by atoms with van der Waals surface area (Å²) in [6, 6.07) is 5.96. The smallest absolute Gasteiger partial charge is 0.410 e. The number of anilines is 1. The van der Waals surface area contributed by atoms with Gasteiger partial charge in [-0.15, -0.1) is 0 Å². The number of amides is 1. The van der Waals surface area contributed by atoms with Crippen molar-refractivity contribution in [2.45, 2.75) is 78.9 Å². The summed E-state index contributed by atoms with van der Waals surface area (Å²) in [7, 11) is 3.54. The number of nitrogens with zero attached hydrogens (tertiary/aromatic N) is 1. The highest BCUT2D eigenvalue weighted by atomic mass is 16.6. The number of nitrogens with one attached hydrogen (secondary N) is 1. The van der Waals surface area contributed by atoms with Crippen LogP contribution < -0.4 is 10.1 Å². The van der Waals surface area contributed by atoms with E-state index in [2.05, 4.69) is 19.2 Å². The standard InChI is InChI=1S/C23H40N2O3/c1-8-11-18(9-2)12-10-15-25(22(26)28-23(3,4)5)17-19-13-14-20(24-6)16-21(19)27-7/h13-14,16,18,24H,8-12,15,17H2,1-7H3. The van der Waals surface area contributed by atoms with Crippen LogP contribution in [0.25, 0.3) is 0 Å². The van der Waals surface area contributed by atoms with Gasteiger partial charge in [0.2, 0.25) is 0 Å². The van der Waals surface area contributed by atoms with Gasteiger partial charge in [0, 0.05) is 30.9 Å². The Morgan fingerprint density at radius 1 is 1.21 bits per heavy atom. The monoisotopic (exact) mass is 392 g/mol. The molecule has 1 amide bonds. The second-order valence-electron chi connectivity index (χ2n) is 8.38. The zero-order valence-electron chi connectivity index (χ0n) is 18.9. The molecule has 1 atom stereocenters. The first-order valence-corrected chi connectivity index (χ1v) is 10.6. The predicted molar refractivity (Wildman–Crippen MR) is 117 cm³/mol. The third-order valence-corrected chi connectivity index (χ3v) is 4.90. The second-order valence-corrected chi connectivity index (χ2v) is 8.38. The first kappa shape index (κ1) is 24.1. The maximum absolute atomic E-state index is 12.8. The second kappa shape index (κ2) is 11.8. The van der Waals surface area contributed by atoms with Crippen LogP contribution in [-0.4, -0.2) is 37.3 Å². The largest absolute Gasteiger partial charge is 0.496 e. The Morgan fingerprint density at radius 3 is 2.46 bits per heavy atom. The van der Waals surface area contributed by atoms with Crippen molar-refractivity contribution in [3.63, 3.8) is 0 Å². The lowest BCUT2D eigenvalue weighted by Crippen LogP contribution is -2.37. The number of benzene rings is 1. The average Bonchev–Trinajstić information content (AvgIpc) is 2.65. The molecule has 0 aliphatic carbocycles. The highest BCUT2D eigenvalue weighted by molar-refractivity contribution is 5.68. The SMILES string of the molecule is CCCC(CC)CCCN(Cc1ccc(NC)cc1OC)C(=O)OC(C)(C)C. The Bertz CT molecular complexity index is 596. The first-order valence-electron chi connectivity index (χ1n) is 10.6. The molecule has 1 aromatic rings. The molecular weight excluding hydrogens is 352 g/mol. The molecule has 0 radical (unpaired) electrons. The minimum absolute atomic E-state index is 0.268. The molecule has 1 N–H and O–H groups in total. The van der Waals surface area contributed by atoms with Crippen LogP contribution in [0.15, 0.2) is 18.2 Å². The summed E-state index contributed by atoms with van der Waals surface area (Å²) >= 11 is 0. The molecule has 1 unspecified atom stereocenters. The Kier molecular flexibility index (Phi) is 10.2. The van der Waals surface area contributed by atoms with E-state index in [9.17, 15) is 4.79 Å². The number of carbonyl (C=O) groups excluding carboxylic acids is 1. The van der Waals surface area contributed by atoms with Crippen molar-refractivity contribution >= 4 is 11.8 Å². The van der Waals surface area contributed by atoms with Crippen LogP contribution in [0.1, 0.15) is 72.3 Å². The third-order valence-electron chi connectivity index (χ3n) is 4.90. The third kappa shape index (κ3) is 8.41. The molecule has 0 bridgehead atoms. The molecule has 1 rings (SSSR count). The average molecular weight is 393 g/mol. The van der Waals surface area contributed by atoms with Gasteiger partial charge in [0.25, 0.3) is 0 Å². The van der Waals surface area contributed by atoms with E-state index >= 15 is 0 Å². The molecular formula is C23H40N2O3. The quantitative estimate of drug-likeness (QED) is 0.496. The molecule has 0 saturated carbocycles. The van der Waals surface area contributed by atoms with E-state index in [1.165, 1.54) is 19.3 Å². The van der Waals surface area contributed by atoms with Gasteiger partial charge in [0.1, 0.15) is 11.4 Å². The number of rotatable bonds is 11. The van der Waals surface area contributed by atoms with E-state index in [1.54, 1.807) is 12.0 Å². The van der Waals surface area contributed by atoms with Gasteiger partial charge in [0.15, 0.2) is 0 Å². The van der Waals surface area contributed by atoms with Gasteiger partial charge in [-0.25, -0.2) is 4.79 Å². The maximum atomic E-state index is 12.8. The molecule has 0 spiro atoms. The fraction of sp³-hybridized carbons (Fsp3) is 0.696. The van der Waals surface area contributed by atoms with Crippen molar-refractivity contribution < 1.29 is 14.3 Å². The molecule has 1 aromatic carbocycles. The zero-order chi connectivity index (χ0) is 21.2. The van der Waals surface area contributed by atoms with E-state index in [1.807, 2.05) is 46.0 Å². The van der Waals surface area contributed by atoms with Gasteiger partial charge in [-0.3, -0.25) is 0 Å². The molecule has 0 aliphatic heterocycles. The molecule has 0 aliphatic rings. The summed E-state index contributed by atoms with van der Waals surface area (Å²) in [5.74, 6) is 1.51. The molecule has 0 saturated heterocycles. The Morgan fingerprint density at radius 2 is 1.93 bits per heavy atom. The number of methoxy groups -OCH3 is 1. The first-order chi connectivity index (χ1) is 13.2. The fourth-order valence-corrected chi connectivity index (χ4v) is 3.33. The normalized spacial score (nSPS) is 12.4. The zero-order valence-corrected chi connectivity index (χ0v) is 18.9. The fourth-order valence-electron chi connectivity index (χ4n) is 3.33. The lowest BCUT2D eigenvalue weighted by atomic mass is 9.95. The van der Waals surface area contributed by atoms with Crippen molar-refractivity contribution in [3.8, 4) is 5.75 Å². The molecule has 0 heterocycles. The van der Waals surface area contributed by atoms with Crippen molar-refractivity contribution in [2.75, 3.05) is 26.0 Å². The lowest BCUT2D eigenvalue weighted by Gasteiger charge is -2.28. The van der Waals surface area contributed by atoms with Crippen LogP contribution in [0.4, 0.5) is 10.5 Å². The molecule has 28 heavy (non-hydrogen) atoms. The molecule has 0 aromatic heterocycles. The van der Waals surface area contributed by atoms with Gasteiger partial charge < -0.3 is 19.7 Å². The van der Waals surface area contributed by atoms with Crippen molar-refractivity contribution in [1.29, 1.82) is 0 Å². The van der Waals surface area contributed by atoms with Gasteiger partial charge in [-0.1, -0.05) is 39.2 Å². The van der Waals surface area contributed by atoms with Crippen molar-refractivity contribution in [3.05, 3.63) is 23.8 Å². The number of ether oxygens (including phenoxy) is 2. The van der Waals surface area contributed by atoms with Crippen LogP contribution in [0.2, 0.25) is 0 Å². The molecule has 160 valence electrons. The molecule has 0 fully saturated rings. The van der Waals surface area contributed by atoms with Gasteiger partial charge in [0.05, 0.1) is 13.7 Å². The van der Waals surface area contributed by atoms with E-state index in [-0.39, 0.29) is 6.09 Å². The molecule has 5 nitrogen and oxygen atoms in total. The maximum Gasteiger partial charge on any atom is 0.410 e. The highest BCUT2D eigenvalue weighted by Gasteiger charge is 2.23. The van der Waals surface area contributed by atoms with Gasteiger partial charge in [-0.05, 0) is 45.6 Å². The van der Waals surface area contributed by atoms with Crippen molar-refractivity contribution in [2.24, 2.45) is 5.92 Å². The lowest BCUT2D eigenvalue weighted by molar-refractivity contribution is 0.0227. The summed E-state index contributed by atoms with van der Waals surface area (Å²) in [5.41, 5.74) is 1.45. The minimum atomic E-state index is -0.510. The van der Waals surface area contributed by atoms with E-state index in [0.717, 1.165) is 35.8 Å². The molecule has 5 heteroatoms. The van der Waals surface area contributed by atoms with Gasteiger partial charge >= 0.3 is 6.09 Å². The summed E-state index contributed by atoms with van der Waals surface area (Å²) in [5, 5.41) is 3.12. The predicted octanol–water partition coefficient (Wildman–Crippen LogP) is 6.08.